The van der Waals surface area contributed by atoms with Crippen molar-refractivity contribution in [3.63, 3.8) is 0 Å². The van der Waals surface area contributed by atoms with E-state index < -0.39 is 17.9 Å². The molecule has 29 heavy (non-hydrogen) atoms. The number of aliphatic carboxylic acids is 1. The summed E-state index contributed by atoms with van der Waals surface area (Å²) < 4.78 is 3.01. The summed E-state index contributed by atoms with van der Waals surface area (Å²) in [4.78, 5) is 47.9. The Morgan fingerprint density at radius 3 is 2.52 bits per heavy atom. The van der Waals surface area contributed by atoms with Gasteiger partial charge in [-0.15, -0.1) is 0 Å². The minimum Gasteiger partial charge on any atom is -0.481 e. The molecule has 2 N–H and O–H groups in total. The highest BCUT2D eigenvalue weighted by molar-refractivity contribution is 6.00. The van der Waals surface area contributed by atoms with Crippen molar-refractivity contribution in [3.8, 4) is 0 Å². The van der Waals surface area contributed by atoms with Crippen LogP contribution < -0.4 is 11.0 Å². The third-order valence-electron chi connectivity index (χ3n) is 5.99. The minimum atomic E-state index is -0.741. The molecular weight excluding hydrogens is 374 g/mol. The summed E-state index contributed by atoms with van der Waals surface area (Å²) in [6.45, 7) is 0. The largest absolute Gasteiger partial charge is 0.481 e. The van der Waals surface area contributed by atoms with E-state index in [1.807, 2.05) is 24.3 Å². The van der Waals surface area contributed by atoms with Gasteiger partial charge in [0, 0.05) is 19.0 Å². The Kier molecular flexibility index (Phi) is 4.86. The molecule has 152 valence electrons. The number of allylic oxidation sites excluding steroid dienone is 1. The number of rotatable bonds is 3. The quantitative estimate of drug-likeness (QED) is 0.770. The van der Waals surface area contributed by atoms with Crippen LogP contribution in [0.3, 0.4) is 0 Å². The van der Waals surface area contributed by atoms with Crippen LogP contribution in [0.25, 0.3) is 17.1 Å². The maximum absolute atomic E-state index is 13.0. The van der Waals surface area contributed by atoms with Gasteiger partial charge in [0.15, 0.2) is 0 Å². The predicted octanol–water partition coefficient (Wildman–Crippen LogP) is 1.98. The number of carbonyl (C=O) groups excluding carboxylic acids is 2. The molecule has 1 aliphatic heterocycles. The molecule has 2 amide bonds. The number of benzene rings is 1. The van der Waals surface area contributed by atoms with Crippen LogP contribution in [-0.4, -0.2) is 32.0 Å². The number of carboxylic acids is 1. The van der Waals surface area contributed by atoms with Crippen molar-refractivity contribution in [2.24, 2.45) is 13.0 Å². The number of hydrogen-bond acceptors (Lipinski definition) is 4. The lowest BCUT2D eigenvalue weighted by molar-refractivity contribution is -0.142. The first-order valence-corrected chi connectivity index (χ1v) is 9.82. The number of piperidine rings is 1. The number of aryl methyl sites for hydroxylation is 1. The van der Waals surface area contributed by atoms with Gasteiger partial charge >= 0.3 is 11.7 Å². The van der Waals surface area contributed by atoms with Crippen LogP contribution in [-0.2, 0) is 21.4 Å². The number of nitrogens with zero attached hydrogens (tertiary/aromatic N) is 2. The van der Waals surface area contributed by atoms with Gasteiger partial charge in [-0.25, -0.2) is 4.79 Å². The number of hydrogen-bond donors (Lipinski definition) is 2. The number of nitrogens with one attached hydrogen (secondary N) is 1. The Balaban J connectivity index is 1.74. The van der Waals surface area contributed by atoms with Crippen LogP contribution in [0, 0.1) is 5.92 Å². The molecule has 1 aromatic carbocycles. The van der Waals surface area contributed by atoms with E-state index >= 15 is 0 Å². The van der Waals surface area contributed by atoms with Crippen LogP contribution in [0.2, 0.25) is 0 Å². The number of aromatic nitrogens is 2. The Hall–Kier alpha value is -3.16. The molecular formula is C21H23N3O5. The van der Waals surface area contributed by atoms with Crippen molar-refractivity contribution in [1.29, 1.82) is 0 Å². The highest BCUT2D eigenvalue weighted by Crippen LogP contribution is 2.32. The number of imidazole rings is 1. The van der Waals surface area contributed by atoms with Crippen LogP contribution >= 0.6 is 0 Å². The molecule has 8 nitrogen and oxygen atoms in total. The number of amides is 2. The maximum Gasteiger partial charge on any atom is 0.329 e. The summed E-state index contributed by atoms with van der Waals surface area (Å²) in [6, 6.07) is 4.87. The standard InChI is InChI=1S/C21H23N3O5/c1-23-18-14(11-12-5-7-13(8-6-12)20(27)28)3-2-4-15(18)24(21(23)29)16-9-10-17(25)22-19(16)26/h2-4,11,13,16H,5-10H2,1H3,(H,27,28)(H,22,25,26). The van der Waals surface area contributed by atoms with Gasteiger partial charge in [0.05, 0.1) is 17.0 Å². The van der Waals surface area contributed by atoms with E-state index in [4.69, 9.17) is 0 Å². The van der Waals surface area contributed by atoms with E-state index in [2.05, 4.69) is 5.32 Å². The van der Waals surface area contributed by atoms with Crippen molar-refractivity contribution in [3.05, 3.63) is 39.8 Å². The second-order valence-electron chi connectivity index (χ2n) is 7.81. The molecule has 2 aromatic rings. The molecule has 2 aliphatic rings. The number of carboxylic acid groups (broad SMARTS) is 1. The van der Waals surface area contributed by atoms with Gasteiger partial charge in [-0.05, 0) is 38.2 Å². The molecule has 1 unspecified atom stereocenters. The first-order valence-electron chi connectivity index (χ1n) is 9.82. The van der Waals surface area contributed by atoms with Crippen LogP contribution in [0.4, 0.5) is 0 Å². The van der Waals surface area contributed by atoms with Crippen LogP contribution in [0.15, 0.2) is 28.6 Å². The summed E-state index contributed by atoms with van der Waals surface area (Å²) >= 11 is 0. The second-order valence-corrected chi connectivity index (χ2v) is 7.81. The molecule has 1 aromatic heterocycles. The van der Waals surface area contributed by atoms with Gasteiger partial charge in [0.25, 0.3) is 0 Å². The van der Waals surface area contributed by atoms with E-state index in [-0.39, 0.29) is 23.9 Å². The van der Waals surface area contributed by atoms with Gasteiger partial charge in [-0.1, -0.05) is 23.8 Å². The molecule has 0 spiro atoms. The smallest absolute Gasteiger partial charge is 0.329 e. The van der Waals surface area contributed by atoms with Crippen molar-refractivity contribution >= 4 is 34.9 Å². The van der Waals surface area contributed by atoms with Crippen molar-refractivity contribution in [1.82, 2.24) is 14.5 Å². The molecule has 0 radical (unpaired) electrons. The van der Waals surface area contributed by atoms with E-state index in [0.717, 1.165) is 29.5 Å². The van der Waals surface area contributed by atoms with E-state index in [0.29, 0.717) is 24.8 Å². The average Bonchev–Trinajstić information content (AvgIpc) is 2.94. The maximum atomic E-state index is 13.0. The molecule has 1 aliphatic carbocycles. The monoisotopic (exact) mass is 397 g/mol. The van der Waals surface area contributed by atoms with Gasteiger partial charge in [0.2, 0.25) is 11.8 Å². The summed E-state index contributed by atoms with van der Waals surface area (Å²) in [7, 11) is 1.68. The first-order chi connectivity index (χ1) is 13.9. The highest BCUT2D eigenvalue weighted by atomic mass is 16.4. The molecule has 2 fully saturated rings. The SMILES string of the molecule is Cn1c(=O)n(C2CCC(=O)NC2=O)c2cccc(C=C3CCC(C(=O)O)CC3)c21. The van der Waals surface area contributed by atoms with Gasteiger partial charge in [-0.2, -0.15) is 0 Å². The molecule has 1 saturated heterocycles. The summed E-state index contributed by atoms with van der Waals surface area (Å²) in [6.07, 6.45) is 5.21. The fraction of sp³-hybridized carbons (Fsp3) is 0.429. The number of para-hydroxylation sites is 1. The summed E-state index contributed by atoms with van der Waals surface area (Å²) in [5.41, 5.74) is 3.12. The van der Waals surface area contributed by atoms with Crippen molar-refractivity contribution in [2.75, 3.05) is 0 Å². The zero-order valence-corrected chi connectivity index (χ0v) is 16.2. The fourth-order valence-corrected chi connectivity index (χ4v) is 4.41. The van der Waals surface area contributed by atoms with Gasteiger partial charge in [-0.3, -0.25) is 28.8 Å². The Morgan fingerprint density at radius 2 is 1.86 bits per heavy atom. The molecule has 8 heteroatoms. The number of imide groups is 1. The summed E-state index contributed by atoms with van der Waals surface area (Å²) in [5, 5.41) is 11.5. The molecule has 2 heterocycles. The third-order valence-corrected chi connectivity index (χ3v) is 5.99. The normalized spacial score (nSPS) is 22.6. The molecule has 1 atom stereocenters. The molecule has 1 saturated carbocycles. The zero-order chi connectivity index (χ0) is 20.7. The molecule has 0 bridgehead atoms. The third kappa shape index (κ3) is 3.39. The highest BCUT2D eigenvalue weighted by Gasteiger charge is 2.31. The average molecular weight is 397 g/mol. The summed E-state index contributed by atoms with van der Waals surface area (Å²) in [5.74, 6) is -1.80. The lowest BCUT2D eigenvalue weighted by Gasteiger charge is -2.22. The van der Waals surface area contributed by atoms with Crippen molar-refractivity contribution in [2.45, 2.75) is 44.6 Å². The zero-order valence-electron chi connectivity index (χ0n) is 16.2. The second kappa shape index (κ2) is 7.35. The lowest BCUT2D eigenvalue weighted by Crippen LogP contribution is -2.44. The van der Waals surface area contributed by atoms with Crippen molar-refractivity contribution < 1.29 is 19.5 Å². The minimum absolute atomic E-state index is 0.202. The molecule has 4 rings (SSSR count). The van der Waals surface area contributed by atoms with Gasteiger partial charge < -0.3 is 5.11 Å². The predicted molar refractivity (Wildman–Crippen MR) is 106 cm³/mol. The van der Waals surface area contributed by atoms with Gasteiger partial charge in [0.1, 0.15) is 6.04 Å². The lowest BCUT2D eigenvalue weighted by atomic mass is 9.85. The Bertz CT molecular complexity index is 1100. The van der Waals surface area contributed by atoms with Crippen LogP contribution in [0.5, 0.6) is 0 Å². The number of fused-ring (bicyclic) bond motifs is 1. The topological polar surface area (TPSA) is 110 Å². The van der Waals surface area contributed by atoms with E-state index in [1.165, 1.54) is 9.13 Å². The van der Waals surface area contributed by atoms with E-state index in [9.17, 15) is 24.3 Å². The Morgan fingerprint density at radius 1 is 1.14 bits per heavy atom. The Labute approximate surface area is 166 Å². The van der Waals surface area contributed by atoms with E-state index in [1.54, 1.807) is 7.05 Å². The fourth-order valence-electron chi connectivity index (χ4n) is 4.41. The number of carbonyl (C=O) groups is 3. The van der Waals surface area contributed by atoms with Crippen LogP contribution in [0.1, 0.15) is 50.1 Å². The first kappa shape index (κ1) is 19.2.